The molecule has 0 saturated carbocycles. The van der Waals surface area contributed by atoms with Crippen molar-refractivity contribution in [2.24, 2.45) is 0 Å². The molecule has 1 aromatic rings. The number of carbonyl (C=O) groups excluding carboxylic acids is 2. The van der Waals surface area contributed by atoms with Crippen LogP contribution in [0.3, 0.4) is 0 Å². The number of Topliss-reactive ketones (excluding diaryl/α,β-unsaturated/α-hetero) is 1. The number of rotatable bonds is 4. The van der Waals surface area contributed by atoms with Crippen LogP contribution in [0.4, 0.5) is 0 Å². The summed E-state index contributed by atoms with van der Waals surface area (Å²) in [5, 5.41) is 5.98. The normalized spacial score (nSPS) is 21.6. The summed E-state index contributed by atoms with van der Waals surface area (Å²) in [6.45, 7) is 2.36. The maximum absolute atomic E-state index is 12.3. The van der Waals surface area contributed by atoms with Crippen molar-refractivity contribution in [3.05, 3.63) is 35.4 Å². The van der Waals surface area contributed by atoms with Gasteiger partial charge in [-0.1, -0.05) is 24.3 Å². The zero-order valence-corrected chi connectivity index (χ0v) is 11.6. The minimum atomic E-state index is -0.901. The van der Waals surface area contributed by atoms with Gasteiger partial charge in [-0.3, -0.25) is 14.9 Å². The number of amides is 1. The Bertz CT molecular complexity index is 504. The summed E-state index contributed by atoms with van der Waals surface area (Å²) in [5.74, 6) is -0.359. The van der Waals surface area contributed by atoms with Gasteiger partial charge in [0, 0.05) is 20.0 Å². The van der Waals surface area contributed by atoms with E-state index in [1.54, 1.807) is 0 Å². The summed E-state index contributed by atoms with van der Waals surface area (Å²) >= 11 is 5.75. The molecule has 0 saturated heterocycles. The predicted octanol–water partition coefficient (Wildman–Crippen LogP) is 0.972. The van der Waals surface area contributed by atoms with E-state index in [0.717, 1.165) is 17.5 Å². The molecular weight excluding hydrogens is 264 g/mol. The van der Waals surface area contributed by atoms with Crippen LogP contribution in [0.2, 0.25) is 0 Å². The van der Waals surface area contributed by atoms with Crippen LogP contribution < -0.4 is 10.6 Å². The molecule has 4 nitrogen and oxygen atoms in total. The van der Waals surface area contributed by atoms with Gasteiger partial charge in [0.15, 0.2) is 5.78 Å². The summed E-state index contributed by atoms with van der Waals surface area (Å²) in [4.78, 5) is 23.5. The fourth-order valence-corrected chi connectivity index (χ4v) is 2.76. The van der Waals surface area contributed by atoms with Crippen LogP contribution in [-0.2, 0) is 21.5 Å². The maximum Gasteiger partial charge on any atom is 0.216 e. The van der Waals surface area contributed by atoms with Crippen molar-refractivity contribution in [2.45, 2.75) is 18.9 Å². The first-order chi connectivity index (χ1) is 9.10. The molecule has 5 heteroatoms. The molecule has 1 aromatic carbocycles. The van der Waals surface area contributed by atoms with Crippen LogP contribution in [0, 0.1) is 0 Å². The highest BCUT2D eigenvalue weighted by Crippen LogP contribution is 2.29. The van der Waals surface area contributed by atoms with Crippen molar-refractivity contribution in [1.82, 2.24) is 10.6 Å². The highest BCUT2D eigenvalue weighted by Gasteiger charge is 2.42. The number of fused-ring (bicyclic) bond motifs is 1. The third-order valence-corrected chi connectivity index (χ3v) is 3.74. The lowest BCUT2D eigenvalue weighted by Gasteiger charge is -2.38. The molecule has 0 radical (unpaired) electrons. The van der Waals surface area contributed by atoms with E-state index in [0.29, 0.717) is 6.54 Å². The summed E-state index contributed by atoms with van der Waals surface area (Å²) in [6, 6.07) is 7.79. The Hall–Kier alpha value is -1.39. The fourth-order valence-electron chi connectivity index (χ4n) is 2.54. The lowest BCUT2D eigenvalue weighted by Crippen LogP contribution is -2.59. The number of nitrogens with one attached hydrogen (secondary N) is 2. The Morgan fingerprint density at radius 2 is 2.16 bits per heavy atom. The van der Waals surface area contributed by atoms with E-state index in [1.807, 2.05) is 24.3 Å². The average Bonchev–Trinajstić information content (AvgIpc) is 2.44. The molecule has 0 aromatic heterocycles. The minimum Gasteiger partial charge on any atom is -0.354 e. The number of carbonyl (C=O) groups is 2. The van der Waals surface area contributed by atoms with Crippen molar-refractivity contribution in [3.63, 3.8) is 0 Å². The summed E-state index contributed by atoms with van der Waals surface area (Å²) in [5.41, 5.74) is 1.15. The zero-order chi connectivity index (χ0) is 13.9. The number of halogens is 1. The van der Waals surface area contributed by atoms with Gasteiger partial charge in [0.1, 0.15) is 5.54 Å². The lowest BCUT2D eigenvalue weighted by molar-refractivity contribution is -0.124. The van der Waals surface area contributed by atoms with Crippen molar-refractivity contribution >= 4 is 23.3 Å². The Labute approximate surface area is 117 Å². The number of ketones is 1. The van der Waals surface area contributed by atoms with E-state index < -0.39 is 5.54 Å². The first kappa shape index (κ1) is 14.0. The van der Waals surface area contributed by atoms with E-state index in [4.69, 9.17) is 11.6 Å². The molecule has 19 heavy (non-hydrogen) atoms. The van der Waals surface area contributed by atoms with Crippen LogP contribution in [0.1, 0.15) is 18.1 Å². The van der Waals surface area contributed by atoms with Gasteiger partial charge in [0.25, 0.3) is 0 Å². The molecule has 1 amide bonds. The van der Waals surface area contributed by atoms with Crippen molar-refractivity contribution in [2.75, 3.05) is 19.0 Å². The number of benzene rings is 1. The number of alkyl halides is 1. The Balaban J connectivity index is 2.44. The van der Waals surface area contributed by atoms with Crippen LogP contribution in [0.15, 0.2) is 24.3 Å². The molecule has 0 aliphatic carbocycles. The van der Waals surface area contributed by atoms with Crippen molar-refractivity contribution < 1.29 is 9.59 Å². The topological polar surface area (TPSA) is 58.2 Å². The average molecular weight is 281 g/mol. The Morgan fingerprint density at radius 3 is 2.84 bits per heavy atom. The zero-order valence-electron chi connectivity index (χ0n) is 10.8. The van der Waals surface area contributed by atoms with Crippen LogP contribution in [-0.4, -0.2) is 30.7 Å². The van der Waals surface area contributed by atoms with Gasteiger partial charge < -0.3 is 5.32 Å². The molecule has 1 aliphatic heterocycles. The summed E-state index contributed by atoms with van der Waals surface area (Å²) in [6.07, 6.45) is 0.869. The molecule has 0 spiro atoms. The number of hydrogen-bond acceptors (Lipinski definition) is 3. The first-order valence-corrected chi connectivity index (χ1v) is 6.81. The van der Waals surface area contributed by atoms with Crippen LogP contribution in [0.25, 0.3) is 0 Å². The van der Waals surface area contributed by atoms with Crippen molar-refractivity contribution in [3.8, 4) is 0 Å². The summed E-state index contributed by atoms with van der Waals surface area (Å²) < 4.78 is 0. The van der Waals surface area contributed by atoms with E-state index in [-0.39, 0.29) is 24.1 Å². The third-order valence-electron chi connectivity index (χ3n) is 3.50. The van der Waals surface area contributed by atoms with Crippen LogP contribution >= 0.6 is 11.6 Å². The third kappa shape index (κ3) is 2.65. The van der Waals surface area contributed by atoms with Crippen LogP contribution in [0.5, 0.6) is 0 Å². The largest absolute Gasteiger partial charge is 0.354 e. The van der Waals surface area contributed by atoms with Gasteiger partial charge in [-0.15, -0.1) is 11.6 Å². The summed E-state index contributed by atoms with van der Waals surface area (Å²) in [7, 11) is 0. The molecular formula is C14H17ClN2O2. The molecule has 1 atom stereocenters. The van der Waals surface area contributed by atoms with Gasteiger partial charge in [0.05, 0.1) is 5.88 Å². The van der Waals surface area contributed by atoms with Gasteiger partial charge in [-0.2, -0.15) is 0 Å². The highest BCUT2D eigenvalue weighted by molar-refractivity contribution is 6.29. The smallest absolute Gasteiger partial charge is 0.216 e. The fraction of sp³-hybridized carbons (Fsp3) is 0.429. The second-order valence-corrected chi connectivity index (χ2v) is 4.97. The van der Waals surface area contributed by atoms with Gasteiger partial charge in [-0.05, 0) is 17.5 Å². The quantitative estimate of drug-likeness (QED) is 0.808. The Kier molecular flexibility index (Phi) is 4.22. The SMILES string of the molecule is CC(=O)NCC1(C(=O)CCl)NCCc2ccccc21. The Morgan fingerprint density at radius 1 is 1.42 bits per heavy atom. The molecule has 1 heterocycles. The highest BCUT2D eigenvalue weighted by atomic mass is 35.5. The monoisotopic (exact) mass is 280 g/mol. The molecule has 102 valence electrons. The predicted molar refractivity (Wildman–Crippen MR) is 74.2 cm³/mol. The van der Waals surface area contributed by atoms with E-state index >= 15 is 0 Å². The van der Waals surface area contributed by atoms with E-state index in [1.165, 1.54) is 6.92 Å². The minimum absolute atomic E-state index is 0.0824. The molecule has 1 unspecified atom stereocenters. The first-order valence-electron chi connectivity index (χ1n) is 6.27. The molecule has 1 aliphatic rings. The van der Waals surface area contributed by atoms with Gasteiger partial charge in [-0.25, -0.2) is 0 Å². The second kappa shape index (κ2) is 5.72. The maximum atomic E-state index is 12.3. The van der Waals surface area contributed by atoms with Gasteiger partial charge >= 0.3 is 0 Å². The lowest BCUT2D eigenvalue weighted by atomic mass is 9.79. The number of hydrogen-bond donors (Lipinski definition) is 2. The van der Waals surface area contributed by atoms with E-state index in [2.05, 4.69) is 10.6 Å². The molecule has 0 bridgehead atoms. The molecule has 2 rings (SSSR count). The standard InChI is InChI=1S/C14H17ClN2O2/c1-10(18)16-9-14(13(19)8-15)12-5-3-2-4-11(12)6-7-17-14/h2-5,17H,6-9H2,1H3,(H,16,18). The second-order valence-electron chi connectivity index (χ2n) is 4.71. The van der Waals surface area contributed by atoms with E-state index in [9.17, 15) is 9.59 Å². The molecule has 2 N–H and O–H groups in total. The molecule has 0 fully saturated rings. The van der Waals surface area contributed by atoms with Crippen molar-refractivity contribution in [1.29, 1.82) is 0 Å². The van der Waals surface area contributed by atoms with Gasteiger partial charge in [0.2, 0.25) is 5.91 Å².